The van der Waals surface area contributed by atoms with E-state index >= 15 is 0 Å². The minimum absolute atomic E-state index is 0.773. The summed E-state index contributed by atoms with van der Waals surface area (Å²) in [6.07, 6.45) is 9.54. The van der Waals surface area contributed by atoms with E-state index in [0.717, 1.165) is 17.8 Å². The molecular weight excluding hydrogens is 275 g/mol. The molecule has 1 aliphatic carbocycles. The zero-order valence-electron chi connectivity index (χ0n) is 13.2. The normalized spacial score (nSPS) is 39.2. The Labute approximate surface area is 125 Å². The molecule has 20 heavy (non-hydrogen) atoms. The number of benzene rings is 1. The van der Waals surface area contributed by atoms with E-state index in [9.17, 15) is 0 Å². The maximum absolute atomic E-state index is 2.66. The molecule has 5 rings (SSSR count). The Morgan fingerprint density at radius 1 is 0.900 bits per heavy atom. The van der Waals surface area contributed by atoms with Gasteiger partial charge in [-0.2, -0.15) is 0 Å². The van der Waals surface area contributed by atoms with E-state index in [4.69, 9.17) is 0 Å². The molecule has 1 aromatic carbocycles. The molecule has 0 radical (unpaired) electrons. The summed E-state index contributed by atoms with van der Waals surface area (Å²) in [6, 6.07) is 9.94. The second-order valence-electron chi connectivity index (χ2n) is 8.80. The lowest BCUT2D eigenvalue weighted by Crippen LogP contribution is -2.47. The van der Waals surface area contributed by atoms with Crippen molar-refractivity contribution in [3.63, 3.8) is 0 Å². The third-order valence-corrected chi connectivity index (χ3v) is 13.1. The molecule has 3 saturated heterocycles. The second-order valence-corrected chi connectivity index (χ2v) is 17.8. The molecule has 0 atom stereocenters. The predicted molar refractivity (Wildman–Crippen MR) is 94.9 cm³/mol. The molecule has 1 aromatic rings. The standard InChI is InChI=1S/C18H28PSi/c1-20(2,3)18-6-4-5-17(10-18)19-11-14-7-15(12-19)9-16(8-14)13-19/h4-6,10,14-16H,7-9,11-13H2,1-3H3/q+1. The molecule has 0 nitrogen and oxygen atoms in total. The highest BCUT2D eigenvalue weighted by Crippen LogP contribution is 2.72. The highest BCUT2D eigenvalue weighted by atomic mass is 31.2. The fourth-order valence-corrected chi connectivity index (χ4v) is 12.5. The lowest BCUT2D eigenvalue weighted by Gasteiger charge is -2.51. The van der Waals surface area contributed by atoms with E-state index < -0.39 is 15.3 Å². The SMILES string of the molecule is C[Si](C)(C)c1cccc([P+]23CC4CC(CC(C4)C2)C3)c1. The number of hydrogen-bond acceptors (Lipinski definition) is 0. The van der Waals surface area contributed by atoms with Gasteiger partial charge in [0.15, 0.2) is 0 Å². The van der Waals surface area contributed by atoms with Gasteiger partial charge in [-0.15, -0.1) is 0 Å². The van der Waals surface area contributed by atoms with Crippen molar-refractivity contribution in [3.05, 3.63) is 24.3 Å². The molecule has 0 amide bonds. The van der Waals surface area contributed by atoms with Gasteiger partial charge < -0.3 is 0 Å². The fraction of sp³-hybridized carbons (Fsp3) is 0.667. The quantitative estimate of drug-likeness (QED) is 0.573. The Hall–Kier alpha value is -0.133. The van der Waals surface area contributed by atoms with E-state index in [-0.39, 0.29) is 0 Å². The smallest absolute Gasteiger partial charge is 0.0656 e. The summed E-state index contributed by atoms with van der Waals surface area (Å²) in [5, 5.41) is 3.50. The summed E-state index contributed by atoms with van der Waals surface area (Å²) in [7, 11) is -1.93. The van der Waals surface area contributed by atoms with Crippen molar-refractivity contribution < 1.29 is 0 Å². The molecule has 4 aliphatic rings. The average molecular weight is 303 g/mol. The molecule has 4 bridgehead atoms. The summed E-state index contributed by atoms with van der Waals surface area (Å²) in [5.74, 6) is 3.31. The van der Waals surface area contributed by atoms with Gasteiger partial charge in [-0.3, -0.25) is 0 Å². The molecule has 3 heterocycles. The first kappa shape index (κ1) is 13.5. The van der Waals surface area contributed by atoms with Gasteiger partial charge in [0.05, 0.1) is 31.9 Å². The molecule has 0 N–H and O–H groups in total. The average Bonchev–Trinajstić information content (AvgIpc) is 2.36. The Kier molecular flexibility index (Phi) is 3.00. The Morgan fingerprint density at radius 3 is 1.95 bits per heavy atom. The zero-order valence-corrected chi connectivity index (χ0v) is 15.1. The minimum Gasteiger partial charge on any atom is -0.0656 e. The van der Waals surface area contributed by atoms with Crippen LogP contribution in [-0.2, 0) is 0 Å². The lowest BCUT2D eigenvalue weighted by molar-refractivity contribution is 0.210. The van der Waals surface area contributed by atoms with Crippen LogP contribution in [0.1, 0.15) is 19.3 Å². The van der Waals surface area contributed by atoms with Crippen LogP contribution < -0.4 is 10.5 Å². The van der Waals surface area contributed by atoms with Crippen LogP contribution in [0.15, 0.2) is 24.3 Å². The van der Waals surface area contributed by atoms with Crippen LogP contribution >= 0.6 is 7.26 Å². The van der Waals surface area contributed by atoms with Crippen molar-refractivity contribution in [3.8, 4) is 0 Å². The first-order valence-corrected chi connectivity index (χ1v) is 14.3. The highest BCUT2D eigenvalue weighted by molar-refractivity contribution is 7.83. The summed E-state index contributed by atoms with van der Waals surface area (Å²) < 4.78 is 0. The third kappa shape index (κ3) is 2.13. The van der Waals surface area contributed by atoms with Gasteiger partial charge >= 0.3 is 0 Å². The first-order chi connectivity index (χ1) is 9.45. The first-order valence-electron chi connectivity index (χ1n) is 8.42. The fourth-order valence-electron chi connectivity index (χ4n) is 5.44. The van der Waals surface area contributed by atoms with Crippen LogP contribution in [0.3, 0.4) is 0 Å². The topological polar surface area (TPSA) is 0 Å². The van der Waals surface area contributed by atoms with E-state index in [2.05, 4.69) is 43.9 Å². The molecule has 2 heteroatoms. The summed E-state index contributed by atoms with van der Waals surface area (Å²) in [4.78, 5) is 0. The molecule has 1 saturated carbocycles. The molecule has 4 fully saturated rings. The Morgan fingerprint density at radius 2 is 1.45 bits per heavy atom. The molecule has 0 spiro atoms. The van der Waals surface area contributed by atoms with Gasteiger partial charge in [-0.25, -0.2) is 0 Å². The van der Waals surface area contributed by atoms with E-state index in [1.165, 1.54) is 0 Å². The van der Waals surface area contributed by atoms with Crippen molar-refractivity contribution in [1.29, 1.82) is 0 Å². The predicted octanol–water partition coefficient (Wildman–Crippen LogP) is 3.93. The van der Waals surface area contributed by atoms with Gasteiger partial charge in [0.1, 0.15) is 0 Å². The molecule has 0 unspecified atom stereocenters. The van der Waals surface area contributed by atoms with Crippen LogP contribution in [0, 0.1) is 17.8 Å². The number of hydrogen-bond donors (Lipinski definition) is 0. The van der Waals surface area contributed by atoms with Gasteiger partial charge in [0.2, 0.25) is 0 Å². The summed E-state index contributed by atoms with van der Waals surface area (Å²) in [6.45, 7) is 7.47. The van der Waals surface area contributed by atoms with Gasteiger partial charge in [-0.1, -0.05) is 37.0 Å². The van der Waals surface area contributed by atoms with Gasteiger partial charge in [0.25, 0.3) is 0 Å². The van der Waals surface area contributed by atoms with Gasteiger partial charge in [-0.05, 0) is 49.1 Å². The summed E-state index contributed by atoms with van der Waals surface area (Å²) >= 11 is 0. The number of rotatable bonds is 2. The van der Waals surface area contributed by atoms with E-state index in [0.29, 0.717) is 0 Å². The van der Waals surface area contributed by atoms with E-state index in [1.807, 2.05) is 5.30 Å². The molecular formula is C18H28PSi+. The van der Waals surface area contributed by atoms with Crippen LogP contribution in [0.2, 0.25) is 19.6 Å². The molecule has 108 valence electrons. The minimum atomic E-state index is -1.16. The maximum Gasteiger partial charge on any atom is 0.0938 e. The largest absolute Gasteiger partial charge is 0.0938 e. The van der Waals surface area contributed by atoms with Crippen LogP contribution in [0.4, 0.5) is 0 Å². The third-order valence-electron chi connectivity index (χ3n) is 6.08. The van der Waals surface area contributed by atoms with E-state index in [1.54, 1.807) is 42.9 Å². The Balaban J connectivity index is 1.74. The molecule has 0 aromatic heterocycles. The van der Waals surface area contributed by atoms with Crippen LogP contribution in [-0.4, -0.2) is 26.6 Å². The van der Waals surface area contributed by atoms with Crippen molar-refractivity contribution in [2.24, 2.45) is 17.8 Å². The van der Waals surface area contributed by atoms with Crippen molar-refractivity contribution in [2.75, 3.05) is 18.5 Å². The van der Waals surface area contributed by atoms with Crippen LogP contribution in [0.5, 0.6) is 0 Å². The van der Waals surface area contributed by atoms with Gasteiger partial charge in [0, 0.05) is 7.26 Å². The Bertz CT molecular complexity index is 493. The maximum atomic E-state index is 2.66. The van der Waals surface area contributed by atoms with Crippen LogP contribution in [0.25, 0.3) is 0 Å². The monoisotopic (exact) mass is 303 g/mol. The van der Waals surface area contributed by atoms with Crippen molar-refractivity contribution >= 4 is 25.8 Å². The summed E-state index contributed by atoms with van der Waals surface area (Å²) in [5.41, 5.74) is 0. The second kappa shape index (κ2) is 4.43. The van der Waals surface area contributed by atoms with Crippen molar-refractivity contribution in [2.45, 2.75) is 38.9 Å². The zero-order chi connectivity index (χ0) is 14.0. The highest BCUT2D eigenvalue weighted by Gasteiger charge is 2.57. The lowest BCUT2D eigenvalue weighted by atomic mass is 9.76. The van der Waals surface area contributed by atoms with Crippen molar-refractivity contribution in [1.82, 2.24) is 0 Å². The molecule has 3 aliphatic heterocycles.